The number of morpholine rings is 1. The fourth-order valence-corrected chi connectivity index (χ4v) is 5.45. The fourth-order valence-electron chi connectivity index (χ4n) is 4.01. The van der Waals surface area contributed by atoms with Crippen LogP contribution in [0, 0.1) is 0 Å². The number of piperidine rings is 1. The van der Waals surface area contributed by atoms with Gasteiger partial charge in [-0.15, -0.1) is 0 Å². The number of hydrogen-bond donors (Lipinski definition) is 1. The van der Waals surface area contributed by atoms with Gasteiger partial charge in [0.25, 0.3) is 5.91 Å². The lowest BCUT2D eigenvalue weighted by Crippen LogP contribution is -2.41. The van der Waals surface area contributed by atoms with Crippen LogP contribution in [-0.4, -0.2) is 64.1 Å². The first kappa shape index (κ1) is 22.1. The van der Waals surface area contributed by atoms with Gasteiger partial charge in [0.2, 0.25) is 10.0 Å². The highest BCUT2D eigenvalue weighted by Gasteiger charge is 2.29. The summed E-state index contributed by atoms with van der Waals surface area (Å²) < 4.78 is 32.9. The molecule has 29 heavy (non-hydrogen) atoms. The van der Waals surface area contributed by atoms with Gasteiger partial charge in [-0.1, -0.05) is 13.3 Å². The van der Waals surface area contributed by atoms with Gasteiger partial charge in [-0.05, 0) is 50.8 Å². The van der Waals surface area contributed by atoms with E-state index in [-0.39, 0.29) is 16.8 Å². The molecule has 2 fully saturated rings. The van der Waals surface area contributed by atoms with E-state index in [4.69, 9.17) is 4.74 Å². The summed E-state index contributed by atoms with van der Waals surface area (Å²) in [6, 6.07) is 5.04. The van der Waals surface area contributed by atoms with Crippen molar-refractivity contribution in [1.82, 2.24) is 9.62 Å². The zero-order chi connectivity index (χ0) is 20.9. The molecule has 1 amide bonds. The van der Waals surface area contributed by atoms with Crippen molar-refractivity contribution >= 4 is 21.6 Å². The topological polar surface area (TPSA) is 79.0 Å². The summed E-state index contributed by atoms with van der Waals surface area (Å²) in [5, 5.41) is 3.04. The number of carbonyl (C=O) groups excluding carboxylic acids is 1. The van der Waals surface area contributed by atoms with Crippen molar-refractivity contribution in [3.8, 4) is 0 Å². The highest BCUT2D eigenvalue weighted by molar-refractivity contribution is 7.89. The molecule has 7 nitrogen and oxygen atoms in total. The second-order valence-corrected chi connectivity index (χ2v) is 9.84. The predicted molar refractivity (Wildman–Crippen MR) is 114 cm³/mol. The van der Waals surface area contributed by atoms with E-state index in [1.807, 2.05) is 6.92 Å². The van der Waals surface area contributed by atoms with Crippen LogP contribution < -0.4 is 10.2 Å². The summed E-state index contributed by atoms with van der Waals surface area (Å²) in [5.41, 5.74) is 1.27. The summed E-state index contributed by atoms with van der Waals surface area (Å²) in [7, 11) is -3.65. The van der Waals surface area contributed by atoms with E-state index < -0.39 is 10.0 Å². The average molecular weight is 424 g/mol. The molecule has 1 aromatic rings. The van der Waals surface area contributed by atoms with Crippen LogP contribution in [-0.2, 0) is 14.8 Å². The summed E-state index contributed by atoms with van der Waals surface area (Å²) in [5.74, 6) is -0.203. The number of rotatable bonds is 7. The second kappa shape index (κ2) is 9.91. The fraction of sp³-hybridized carbons (Fsp3) is 0.667. The zero-order valence-corrected chi connectivity index (χ0v) is 18.3. The number of ether oxygens (including phenoxy) is 1. The van der Waals surface area contributed by atoms with Crippen LogP contribution in [0.1, 0.15) is 56.3 Å². The van der Waals surface area contributed by atoms with Gasteiger partial charge in [0, 0.05) is 37.9 Å². The Morgan fingerprint density at radius 2 is 1.83 bits per heavy atom. The van der Waals surface area contributed by atoms with E-state index in [0.717, 1.165) is 44.5 Å². The van der Waals surface area contributed by atoms with Crippen LogP contribution >= 0.6 is 0 Å². The maximum absolute atomic E-state index is 13.1. The minimum absolute atomic E-state index is 0.0428. The van der Waals surface area contributed by atoms with Gasteiger partial charge in [0.15, 0.2) is 0 Å². The average Bonchev–Trinajstić information content (AvgIpc) is 2.74. The zero-order valence-electron chi connectivity index (χ0n) is 17.5. The molecule has 3 rings (SSSR count). The van der Waals surface area contributed by atoms with Crippen LogP contribution in [0.2, 0.25) is 0 Å². The SMILES string of the molecule is CCCC(C)NC(=O)c1cc(S(=O)(=O)N2CCOCC2)ccc1N1CCCCC1. The van der Waals surface area contributed by atoms with Gasteiger partial charge < -0.3 is 15.0 Å². The van der Waals surface area contributed by atoms with Crippen molar-refractivity contribution in [2.24, 2.45) is 0 Å². The predicted octanol–water partition coefficient (Wildman–Crippen LogP) is 2.62. The number of carbonyl (C=O) groups is 1. The highest BCUT2D eigenvalue weighted by Crippen LogP contribution is 2.28. The molecular formula is C21H33N3O4S. The molecule has 2 heterocycles. The lowest BCUT2D eigenvalue weighted by atomic mass is 10.1. The molecule has 1 unspecified atom stereocenters. The van der Waals surface area contributed by atoms with Crippen molar-refractivity contribution in [3.05, 3.63) is 23.8 Å². The lowest BCUT2D eigenvalue weighted by molar-refractivity contribution is 0.0730. The molecule has 162 valence electrons. The van der Waals surface area contributed by atoms with E-state index >= 15 is 0 Å². The molecule has 8 heteroatoms. The standard InChI is InChI=1S/C21H33N3O4S/c1-3-7-17(2)22-21(25)19-16-18(29(26,27)24-12-14-28-15-13-24)8-9-20(19)23-10-5-4-6-11-23/h8-9,16-17H,3-7,10-15H2,1-2H3,(H,22,25). The maximum Gasteiger partial charge on any atom is 0.253 e. The van der Waals surface area contributed by atoms with E-state index in [1.54, 1.807) is 18.2 Å². The van der Waals surface area contributed by atoms with E-state index in [2.05, 4.69) is 17.1 Å². The van der Waals surface area contributed by atoms with Gasteiger partial charge in [-0.3, -0.25) is 4.79 Å². The van der Waals surface area contributed by atoms with Gasteiger partial charge in [-0.2, -0.15) is 4.31 Å². The lowest BCUT2D eigenvalue weighted by Gasteiger charge is -2.31. The molecule has 0 radical (unpaired) electrons. The first-order valence-corrected chi connectivity index (χ1v) is 12.1. The number of anilines is 1. The summed E-state index contributed by atoms with van der Waals surface area (Å²) >= 11 is 0. The Balaban J connectivity index is 1.94. The Bertz CT molecular complexity index is 800. The number of hydrogen-bond acceptors (Lipinski definition) is 5. The Morgan fingerprint density at radius 3 is 2.48 bits per heavy atom. The third-order valence-corrected chi connectivity index (χ3v) is 7.51. The second-order valence-electron chi connectivity index (χ2n) is 7.91. The Kier molecular flexibility index (Phi) is 7.54. The van der Waals surface area contributed by atoms with Crippen LogP contribution in [0.4, 0.5) is 5.69 Å². The molecule has 0 aliphatic carbocycles. The number of amides is 1. The third-order valence-electron chi connectivity index (χ3n) is 5.62. The number of nitrogens with one attached hydrogen (secondary N) is 1. The van der Waals surface area contributed by atoms with Crippen molar-refractivity contribution in [2.45, 2.75) is 56.9 Å². The molecule has 1 aromatic carbocycles. The van der Waals surface area contributed by atoms with E-state index in [9.17, 15) is 13.2 Å². The van der Waals surface area contributed by atoms with E-state index in [1.165, 1.54) is 10.7 Å². The first-order chi connectivity index (χ1) is 13.9. The molecule has 1 atom stereocenters. The molecule has 2 aliphatic rings. The number of nitrogens with zero attached hydrogens (tertiary/aromatic N) is 2. The maximum atomic E-state index is 13.1. The normalized spacial score (nSPS) is 19.7. The van der Waals surface area contributed by atoms with Gasteiger partial charge in [0.05, 0.1) is 23.7 Å². The Morgan fingerprint density at radius 1 is 1.14 bits per heavy atom. The number of benzene rings is 1. The molecule has 2 aliphatic heterocycles. The number of sulfonamides is 1. The molecule has 1 N–H and O–H groups in total. The van der Waals surface area contributed by atoms with Crippen LogP contribution in [0.5, 0.6) is 0 Å². The van der Waals surface area contributed by atoms with E-state index in [0.29, 0.717) is 31.9 Å². The highest BCUT2D eigenvalue weighted by atomic mass is 32.2. The van der Waals surface area contributed by atoms with Crippen molar-refractivity contribution in [2.75, 3.05) is 44.3 Å². The first-order valence-electron chi connectivity index (χ1n) is 10.7. The molecule has 2 saturated heterocycles. The summed E-state index contributed by atoms with van der Waals surface area (Å²) in [4.78, 5) is 15.5. The molecular weight excluding hydrogens is 390 g/mol. The van der Waals surface area contributed by atoms with Crippen molar-refractivity contribution in [3.63, 3.8) is 0 Å². The van der Waals surface area contributed by atoms with Gasteiger partial charge in [0.1, 0.15) is 0 Å². The quantitative estimate of drug-likeness (QED) is 0.729. The Hall–Kier alpha value is -1.64. The summed E-state index contributed by atoms with van der Waals surface area (Å²) in [6.45, 7) is 7.31. The minimum Gasteiger partial charge on any atom is -0.379 e. The van der Waals surface area contributed by atoms with Crippen LogP contribution in [0.3, 0.4) is 0 Å². The minimum atomic E-state index is -3.65. The molecule has 0 bridgehead atoms. The van der Waals surface area contributed by atoms with Crippen molar-refractivity contribution in [1.29, 1.82) is 0 Å². The molecule has 0 saturated carbocycles. The Labute approximate surface area is 174 Å². The molecule has 0 spiro atoms. The largest absolute Gasteiger partial charge is 0.379 e. The van der Waals surface area contributed by atoms with Crippen LogP contribution in [0.15, 0.2) is 23.1 Å². The third kappa shape index (κ3) is 5.29. The molecule has 0 aromatic heterocycles. The monoisotopic (exact) mass is 423 g/mol. The van der Waals surface area contributed by atoms with Crippen molar-refractivity contribution < 1.29 is 17.9 Å². The van der Waals surface area contributed by atoms with Crippen LogP contribution in [0.25, 0.3) is 0 Å². The van der Waals surface area contributed by atoms with Gasteiger partial charge in [-0.25, -0.2) is 8.42 Å². The summed E-state index contributed by atoms with van der Waals surface area (Å²) in [6.07, 6.45) is 5.22. The van der Waals surface area contributed by atoms with Gasteiger partial charge >= 0.3 is 0 Å². The smallest absolute Gasteiger partial charge is 0.253 e.